The Kier molecular flexibility index (Phi) is 6.74. The first-order valence-electron chi connectivity index (χ1n) is 11.1. The van der Waals surface area contributed by atoms with E-state index in [1.165, 1.54) is 0 Å². The van der Waals surface area contributed by atoms with Crippen molar-refractivity contribution in [1.82, 2.24) is 23.7 Å². The lowest BCUT2D eigenvalue weighted by Crippen LogP contribution is -2.46. The zero-order valence-electron chi connectivity index (χ0n) is 17.8. The fraction of sp³-hybridized carbons (Fsp3) is 0.667. The molecule has 2 saturated heterocycles. The van der Waals surface area contributed by atoms with Gasteiger partial charge in [-0.15, -0.1) is 0 Å². The van der Waals surface area contributed by atoms with Crippen LogP contribution in [0, 0.1) is 0 Å². The van der Waals surface area contributed by atoms with Crippen molar-refractivity contribution in [3.05, 3.63) is 24.0 Å². The molecule has 30 heavy (non-hydrogen) atoms. The Morgan fingerprint density at radius 2 is 1.70 bits per heavy atom. The highest BCUT2D eigenvalue weighted by atomic mass is 32.2. The lowest BCUT2D eigenvalue weighted by molar-refractivity contribution is 0.106. The van der Waals surface area contributed by atoms with Crippen molar-refractivity contribution < 1.29 is 13.5 Å². The number of aromatic nitrogens is 2. The number of fused-ring (bicyclic) bond motifs is 1. The Hall–Kier alpha value is -1.52. The zero-order chi connectivity index (χ0) is 21.1. The summed E-state index contributed by atoms with van der Waals surface area (Å²) >= 11 is 0. The summed E-state index contributed by atoms with van der Waals surface area (Å²) in [4.78, 5) is 9.84. The van der Waals surface area contributed by atoms with Gasteiger partial charge in [0.2, 0.25) is 10.0 Å². The highest BCUT2D eigenvalue weighted by Gasteiger charge is 2.27. The lowest BCUT2D eigenvalue weighted by atomic mass is 10.2. The topological polar surface area (TPSA) is 81.9 Å². The molecular formula is C21H33N5O3S. The fourth-order valence-corrected chi connectivity index (χ4v) is 6.10. The van der Waals surface area contributed by atoms with Crippen molar-refractivity contribution in [3.63, 3.8) is 0 Å². The van der Waals surface area contributed by atoms with Crippen LogP contribution in [0.3, 0.4) is 0 Å². The number of hydrogen-bond donors (Lipinski definition) is 1. The lowest BCUT2D eigenvalue weighted by Gasteiger charge is -2.34. The van der Waals surface area contributed by atoms with Crippen LogP contribution in [-0.4, -0.2) is 89.6 Å². The van der Waals surface area contributed by atoms with E-state index in [0.29, 0.717) is 18.0 Å². The summed E-state index contributed by atoms with van der Waals surface area (Å²) < 4.78 is 29.9. The number of piperidine rings is 1. The van der Waals surface area contributed by atoms with Gasteiger partial charge in [-0.3, -0.25) is 9.80 Å². The molecule has 0 amide bonds. The number of piperazine rings is 1. The maximum atomic E-state index is 13.1. The van der Waals surface area contributed by atoms with E-state index in [0.717, 1.165) is 81.9 Å². The van der Waals surface area contributed by atoms with Gasteiger partial charge in [0.1, 0.15) is 5.82 Å². The van der Waals surface area contributed by atoms with Crippen LogP contribution in [0.15, 0.2) is 23.1 Å². The van der Waals surface area contributed by atoms with Crippen molar-refractivity contribution in [2.45, 2.75) is 44.2 Å². The van der Waals surface area contributed by atoms with Crippen LogP contribution in [0.25, 0.3) is 11.0 Å². The van der Waals surface area contributed by atoms with Crippen molar-refractivity contribution >= 4 is 21.1 Å². The van der Waals surface area contributed by atoms with Crippen LogP contribution in [0.4, 0.5) is 0 Å². The predicted molar refractivity (Wildman–Crippen MR) is 117 cm³/mol. The first kappa shape index (κ1) is 21.7. The van der Waals surface area contributed by atoms with E-state index in [-0.39, 0.29) is 6.61 Å². The Balaban J connectivity index is 1.55. The molecule has 0 bridgehead atoms. The van der Waals surface area contributed by atoms with Gasteiger partial charge in [0, 0.05) is 52.4 Å². The maximum absolute atomic E-state index is 13.1. The smallest absolute Gasteiger partial charge is 0.243 e. The van der Waals surface area contributed by atoms with Gasteiger partial charge in [-0.1, -0.05) is 6.42 Å². The number of aliphatic hydroxyl groups is 1. The minimum absolute atomic E-state index is 0.203. The summed E-state index contributed by atoms with van der Waals surface area (Å²) in [5.41, 5.74) is 1.74. The number of aliphatic hydroxyl groups excluding tert-OH is 1. The van der Waals surface area contributed by atoms with E-state index in [1.54, 1.807) is 16.4 Å². The van der Waals surface area contributed by atoms with Crippen LogP contribution in [0.5, 0.6) is 0 Å². The number of nitrogens with zero attached hydrogens (tertiary/aromatic N) is 5. The molecule has 1 N–H and O–H groups in total. The maximum Gasteiger partial charge on any atom is 0.243 e. The van der Waals surface area contributed by atoms with Crippen LogP contribution in [0.2, 0.25) is 0 Å². The summed E-state index contributed by atoms with van der Waals surface area (Å²) in [5.74, 6) is 0.982. The van der Waals surface area contributed by atoms with E-state index in [4.69, 9.17) is 10.1 Å². The average Bonchev–Trinajstić information content (AvgIpc) is 3.12. The molecule has 0 spiro atoms. The number of benzene rings is 1. The molecule has 3 heterocycles. The average molecular weight is 436 g/mol. The molecule has 0 aliphatic carbocycles. The third-order valence-corrected chi connectivity index (χ3v) is 8.21. The number of imidazole rings is 1. The monoisotopic (exact) mass is 435 g/mol. The first-order chi connectivity index (χ1) is 14.5. The summed E-state index contributed by atoms with van der Waals surface area (Å²) in [6, 6.07) is 5.39. The van der Waals surface area contributed by atoms with Gasteiger partial charge in [-0.2, -0.15) is 4.31 Å². The molecule has 9 heteroatoms. The zero-order valence-corrected chi connectivity index (χ0v) is 18.6. The number of aryl methyl sites for hydroxylation is 1. The largest absolute Gasteiger partial charge is 0.395 e. The summed E-state index contributed by atoms with van der Waals surface area (Å²) in [6.07, 6.45) is 2.97. The number of rotatable bonds is 7. The highest BCUT2D eigenvalue weighted by molar-refractivity contribution is 7.89. The minimum atomic E-state index is -3.45. The van der Waals surface area contributed by atoms with Crippen molar-refractivity contribution in [2.24, 2.45) is 0 Å². The number of hydrogen-bond acceptors (Lipinski definition) is 6. The molecule has 166 valence electrons. The molecule has 0 unspecified atom stereocenters. The van der Waals surface area contributed by atoms with Gasteiger partial charge in [0.25, 0.3) is 0 Å². The second-order valence-electron chi connectivity index (χ2n) is 8.23. The molecule has 2 fully saturated rings. The summed E-state index contributed by atoms with van der Waals surface area (Å²) in [6.45, 7) is 9.60. The van der Waals surface area contributed by atoms with Crippen LogP contribution >= 0.6 is 0 Å². The number of sulfonamides is 1. The van der Waals surface area contributed by atoms with Crippen LogP contribution in [0.1, 0.15) is 32.0 Å². The van der Waals surface area contributed by atoms with Gasteiger partial charge in [-0.05, 0) is 38.0 Å². The van der Waals surface area contributed by atoms with Crippen molar-refractivity contribution in [1.29, 1.82) is 0 Å². The molecule has 8 nitrogen and oxygen atoms in total. The molecule has 2 aromatic rings. The van der Waals surface area contributed by atoms with E-state index < -0.39 is 10.0 Å². The van der Waals surface area contributed by atoms with Gasteiger partial charge < -0.3 is 9.67 Å². The second kappa shape index (κ2) is 9.32. The van der Waals surface area contributed by atoms with Crippen LogP contribution in [-0.2, 0) is 23.1 Å². The van der Waals surface area contributed by atoms with Crippen molar-refractivity contribution in [3.8, 4) is 0 Å². The van der Waals surface area contributed by atoms with E-state index >= 15 is 0 Å². The molecule has 1 aromatic heterocycles. The number of β-amino-alcohol motifs (C(OH)–C–C–N with tert-alkyl or cyclic N) is 1. The van der Waals surface area contributed by atoms with Gasteiger partial charge in [0.15, 0.2) is 0 Å². The Bertz CT molecular complexity index is 960. The molecule has 2 aliphatic rings. The summed E-state index contributed by atoms with van der Waals surface area (Å²) in [7, 11) is -3.45. The highest BCUT2D eigenvalue weighted by Crippen LogP contribution is 2.25. The fourth-order valence-electron chi connectivity index (χ4n) is 4.56. The molecule has 0 radical (unpaired) electrons. The van der Waals surface area contributed by atoms with Crippen LogP contribution < -0.4 is 0 Å². The third kappa shape index (κ3) is 4.40. The Morgan fingerprint density at radius 3 is 2.37 bits per heavy atom. The standard InChI is InChI=1S/C21H33N5O3S/c1-2-26-20-7-6-18(30(28,29)25-8-4-3-5-9-25)16-19(20)22-21(26)17-24-12-10-23(11-13-24)14-15-27/h6-7,16,27H,2-5,8-15,17H2,1H3. The van der Waals surface area contributed by atoms with Gasteiger partial charge in [-0.25, -0.2) is 13.4 Å². The molecule has 4 rings (SSSR count). The van der Waals surface area contributed by atoms with E-state index in [9.17, 15) is 8.42 Å². The molecular weight excluding hydrogens is 402 g/mol. The minimum Gasteiger partial charge on any atom is -0.395 e. The quantitative estimate of drug-likeness (QED) is 0.707. The normalized spacial score (nSPS) is 20.2. The third-order valence-electron chi connectivity index (χ3n) is 6.31. The Morgan fingerprint density at radius 1 is 1.00 bits per heavy atom. The SMILES string of the molecule is CCn1c(CN2CCN(CCO)CC2)nc2cc(S(=O)(=O)N3CCCCC3)ccc21. The molecule has 0 atom stereocenters. The van der Waals surface area contributed by atoms with Gasteiger partial charge in [0.05, 0.1) is 29.1 Å². The van der Waals surface area contributed by atoms with Gasteiger partial charge >= 0.3 is 0 Å². The summed E-state index contributed by atoms with van der Waals surface area (Å²) in [5, 5.41) is 9.12. The Labute approximate surface area is 179 Å². The molecule has 0 saturated carbocycles. The molecule has 1 aromatic carbocycles. The predicted octanol–water partition coefficient (Wildman–Crippen LogP) is 1.34. The van der Waals surface area contributed by atoms with E-state index in [1.807, 2.05) is 6.07 Å². The first-order valence-corrected chi connectivity index (χ1v) is 12.5. The van der Waals surface area contributed by atoms with Crippen molar-refractivity contribution in [2.75, 3.05) is 52.4 Å². The molecule has 2 aliphatic heterocycles. The van der Waals surface area contributed by atoms with E-state index in [2.05, 4.69) is 21.3 Å². The second-order valence-corrected chi connectivity index (χ2v) is 10.2.